The number of methoxy groups -OCH3 is 1. The zero-order valence-corrected chi connectivity index (χ0v) is 11.8. The van der Waals surface area contributed by atoms with Crippen LogP contribution in [0.2, 0.25) is 0 Å². The third-order valence-electron chi connectivity index (χ3n) is 4.09. The highest BCUT2D eigenvalue weighted by molar-refractivity contribution is 5.89. The number of alkyl halides is 2. The van der Waals surface area contributed by atoms with Crippen LogP contribution in [0.1, 0.15) is 31.5 Å². The molecule has 0 spiro atoms. The molecule has 0 bridgehead atoms. The number of anilines is 1. The van der Waals surface area contributed by atoms with E-state index in [1.54, 1.807) is 19.2 Å². The minimum atomic E-state index is -2.68. The lowest BCUT2D eigenvalue weighted by atomic mass is 9.80. The lowest BCUT2D eigenvalue weighted by Crippen LogP contribution is -2.45. The first-order valence-electron chi connectivity index (χ1n) is 6.97. The molecule has 1 heterocycles. The summed E-state index contributed by atoms with van der Waals surface area (Å²) in [6.07, 6.45) is 0.389. The molecule has 1 saturated carbocycles. The van der Waals surface area contributed by atoms with Gasteiger partial charge < -0.3 is 10.1 Å². The normalized spacial score (nSPS) is 17.0. The molecule has 1 fully saturated rings. The van der Waals surface area contributed by atoms with Gasteiger partial charge in [0.1, 0.15) is 5.82 Å². The second-order valence-electron chi connectivity index (χ2n) is 5.34. The molecule has 6 heteroatoms. The zero-order valence-electron chi connectivity index (χ0n) is 11.8. The Morgan fingerprint density at radius 2 is 2.05 bits per heavy atom. The predicted octanol–water partition coefficient (Wildman–Crippen LogP) is 3.55. The second kappa shape index (κ2) is 5.52. The first-order valence-corrected chi connectivity index (χ1v) is 6.97. The van der Waals surface area contributed by atoms with Crippen LogP contribution in [-0.2, 0) is 4.74 Å². The van der Waals surface area contributed by atoms with Crippen molar-refractivity contribution in [2.45, 2.75) is 31.3 Å². The fourth-order valence-corrected chi connectivity index (χ4v) is 2.60. The van der Waals surface area contributed by atoms with Crippen LogP contribution in [0.3, 0.4) is 0 Å². The molecule has 1 aliphatic carbocycles. The van der Waals surface area contributed by atoms with Gasteiger partial charge in [-0.25, -0.2) is 18.7 Å². The summed E-state index contributed by atoms with van der Waals surface area (Å²) in [5, 5.41) is 3.91. The molecule has 0 atom stereocenters. The fourth-order valence-electron chi connectivity index (χ4n) is 2.60. The molecular formula is C15H17F2N3O. The molecule has 112 valence electrons. The maximum absolute atomic E-state index is 12.9. The molecule has 1 aromatic carbocycles. The largest absolute Gasteiger partial charge is 0.376 e. The lowest BCUT2D eigenvalue weighted by molar-refractivity contribution is -0.0601. The van der Waals surface area contributed by atoms with Crippen LogP contribution in [-0.4, -0.2) is 29.2 Å². The van der Waals surface area contributed by atoms with Crippen LogP contribution in [0.25, 0.3) is 10.9 Å². The van der Waals surface area contributed by atoms with E-state index in [-0.39, 0.29) is 5.60 Å². The summed E-state index contributed by atoms with van der Waals surface area (Å²) in [5.41, 5.74) is 0.321. The average Bonchev–Trinajstić information content (AvgIpc) is 2.46. The number of hydrogen-bond acceptors (Lipinski definition) is 4. The van der Waals surface area contributed by atoms with E-state index >= 15 is 0 Å². The van der Waals surface area contributed by atoms with Gasteiger partial charge in [0.25, 0.3) is 6.43 Å². The van der Waals surface area contributed by atoms with E-state index < -0.39 is 12.2 Å². The van der Waals surface area contributed by atoms with Crippen LogP contribution in [0.4, 0.5) is 14.6 Å². The van der Waals surface area contributed by atoms with E-state index in [0.29, 0.717) is 17.9 Å². The van der Waals surface area contributed by atoms with Crippen molar-refractivity contribution in [1.82, 2.24) is 9.97 Å². The molecule has 1 N–H and O–H groups in total. The van der Waals surface area contributed by atoms with E-state index in [2.05, 4.69) is 15.3 Å². The van der Waals surface area contributed by atoms with Crippen LogP contribution < -0.4 is 5.32 Å². The highest BCUT2D eigenvalue weighted by atomic mass is 19.3. The summed E-state index contributed by atoms with van der Waals surface area (Å²) in [4.78, 5) is 7.87. The van der Waals surface area contributed by atoms with Gasteiger partial charge in [0.15, 0.2) is 5.82 Å². The molecule has 2 aromatic rings. The van der Waals surface area contributed by atoms with Crippen LogP contribution in [0.15, 0.2) is 24.3 Å². The number of para-hydroxylation sites is 1. The number of ether oxygens (including phenoxy) is 1. The van der Waals surface area contributed by atoms with Gasteiger partial charge in [-0.15, -0.1) is 0 Å². The number of benzene rings is 1. The number of rotatable bonds is 5. The Hall–Kier alpha value is -1.82. The smallest absolute Gasteiger partial charge is 0.297 e. The molecule has 3 rings (SSSR count). The molecule has 1 aliphatic rings. The van der Waals surface area contributed by atoms with Crippen molar-refractivity contribution in [1.29, 1.82) is 0 Å². The lowest BCUT2D eigenvalue weighted by Gasteiger charge is -2.40. The predicted molar refractivity (Wildman–Crippen MR) is 76.6 cm³/mol. The Labute approximate surface area is 121 Å². The van der Waals surface area contributed by atoms with Crippen LogP contribution in [0.5, 0.6) is 0 Å². The van der Waals surface area contributed by atoms with E-state index in [0.717, 1.165) is 24.6 Å². The number of nitrogens with one attached hydrogen (secondary N) is 1. The third-order valence-corrected chi connectivity index (χ3v) is 4.09. The summed E-state index contributed by atoms with van der Waals surface area (Å²) in [6, 6.07) is 7.15. The van der Waals surface area contributed by atoms with Gasteiger partial charge in [-0.2, -0.15) is 0 Å². The van der Waals surface area contributed by atoms with Crippen molar-refractivity contribution >= 4 is 16.7 Å². The van der Waals surface area contributed by atoms with Gasteiger partial charge in [0, 0.05) is 19.0 Å². The highest BCUT2D eigenvalue weighted by Crippen LogP contribution is 2.35. The van der Waals surface area contributed by atoms with Crippen molar-refractivity contribution in [3.05, 3.63) is 30.1 Å². The van der Waals surface area contributed by atoms with Crippen LogP contribution >= 0.6 is 0 Å². The maximum atomic E-state index is 12.9. The number of aromatic nitrogens is 2. The minimum absolute atomic E-state index is 0.197. The standard InChI is InChI=1S/C15H17F2N3O/c1-21-15(7-4-8-15)9-18-13-10-5-2-3-6-11(10)19-14(20-13)12(16)17/h2-3,5-6,12H,4,7-9H2,1H3,(H,18,19,20). The first kappa shape index (κ1) is 14.1. The van der Waals surface area contributed by atoms with Gasteiger partial charge in [-0.1, -0.05) is 12.1 Å². The summed E-state index contributed by atoms with van der Waals surface area (Å²) in [5.74, 6) is -0.00417. The fraction of sp³-hybridized carbons (Fsp3) is 0.467. The number of nitrogens with zero attached hydrogens (tertiary/aromatic N) is 2. The van der Waals surface area contributed by atoms with Gasteiger partial charge >= 0.3 is 0 Å². The molecule has 1 aromatic heterocycles. The molecule has 0 aliphatic heterocycles. The molecule has 0 amide bonds. The van der Waals surface area contributed by atoms with E-state index in [1.165, 1.54) is 0 Å². The van der Waals surface area contributed by atoms with Crippen molar-refractivity contribution in [3.8, 4) is 0 Å². The summed E-state index contributed by atoms with van der Waals surface area (Å²) < 4.78 is 31.4. The third kappa shape index (κ3) is 2.68. The number of fused-ring (bicyclic) bond motifs is 1. The summed E-state index contributed by atoms with van der Waals surface area (Å²) >= 11 is 0. The maximum Gasteiger partial charge on any atom is 0.297 e. The SMILES string of the molecule is COC1(CNc2nc(C(F)F)nc3ccccc23)CCC1. The van der Waals surface area contributed by atoms with Gasteiger partial charge in [0.2, 0.25) is 0 Å². The first-order chi connectivity index (χ1) is 10.1. The minimum Gasteiger partial charge on any atom is -0.376 e. The molecule has 0 saturated heterocycles. The Kier molecular flexibility index (Phi) is 3.71. The summed E-state index contributed by atoms with van der Waals surface area (Å²) in [7, 11) is 1.68. The van der Waals surface area contributed by atoms with E-state index in [9.17, 15) is 8.78 Å². The molecule has 21 heavy (non-hydrogen) atoms. The zero-order chi connectivity index (χ0) is 14.9. The molecule has 0 radical (unpaired) electrons. The van der Waals surface area contributed by atoms with E-state index in [1.807, 2.05) is 12.1 Å². The number of halogens is 2. The highest BCUT2D eigenvalue weighted by Gasteiger charge is 2.37. The van der Waals surface area contributed by atoms with Crippen molar-refractivity contribution in [3.63, 3.8) is 0 Å². The van der Waals surface area contributed by atoms with Crippen molar-refractivity contribution in [2.75, 3.05) is 19.0 Å². The Morgan fingerprint density at radius 1 is 1.29 bits per heavy atom. The van der Waals surface area contributed by atoms with Crippen molar-refractivity contribution < 1.29 is 13.5 Å². The van der Waals surface area contributed by atoms with E-state index in [4.69, 9.17) is 4.74 Å². The Bertz CT molecular complexity index is 638. The van der Waals surface area contributed by atoms with Gasteiger partial charge in [0.05, 0.1) is 11.1 Å². The Balaban J connectivity index is 1.92. The quantitative estimate of drug-likeness (QED) is 0.916. The Morgan fingerprint density at radius 3 is 2.67 bits per heavy atom. The van der Waals surface area contributed by atoms with Gasteiger partial charge in [-0.3, -0.25) is 0 Å². The summed E-state index contributed by atoms with van der Waals surface area (Å²) in [6.45, 7) is 0.563. The molecule has 0 unspecified atom stereocenters. The second-order valence-corrected chi connectivity index (χ2v) is 5.34. The van der Waals surface area contributed by atoms with Gasteiger partial charge in [-0.05, 0) is 31.4 Å². The monoisotopic (exact) mass is 293 g/mol. The van der Waals surface area contributed by atoms with Crippen LogP contribution in [0, 0.1) is 0 Å². The molecule has 4 nitrogen and oxygen atoms in total. The average molecular weight is 293 g/mol. The topological polar surface area (TPSA) is 47.0 Å². The number of hydrogen-bond donors (Lipinski definition) is 1. The molecular weight excluding hydrogens is 276 g/mol. The van der Waals surface area contributed by atoms with Crippen molar-refractivity contribution in [2.24, 2.45) is 0 Å².